The van der Waals surface area contributed by atoms with Gasteiger partial charge in [0.25, 0.3) is 9.84 Å². The van der Waals surface area contributed by atoms with Crippen molar-refractivity contribution >= 4 is 27.3 Å². The molecule has 1 aromatic heterocycles. The molecule has 0 saturated heterocycles. The van der Waals surface area contributed by atoms with E-state index in [2.05, 4.69) is 5.10 Å². The minimum Gasteiger partial charge on any atom is -0.381 e. The Morgan fingerprint density at radius 3 is 2.15 bits per heavy atom. The fraction of sp³-hybridized carbons (Fsp3) is 0.100. The van der Waals surface area contributed by atoms with Gasteiger partial charge < -0.3 is 5.73 Å². The van der Waals surface area contributed by atoms with Gasteiger partial charge in [-0.2, -0.15) is 13.2 Å². The SMILES string of the molecule is Nc1nn(-c2ccc(S(=O)(=O)C(F)(F)F)cc2)cc1Cl. The fourth-order valence-corrected chi connectivity index (χ4v) is 2.30. The summed E-state index contributed by atoms with van der Waals surface area (Å²) in [4.78, 5) is -0.847. The molecule has 0 radical (unpaired) electrons. The first-order chi connectivity index (χ1) is 9.13. The molecule has 5 nitrogen and oxygen atoms in total. The molecule has 0 aliphatic rings. The van der Waals surface area contributed by atoms with Gasteiger partial charge >= 0.3 is 5.51 Å². The molecule has 0 atom stereocenters. The number of hydrogen-bond acceptors (Lipinski definition) is 4. The summed E-state index contributed by atoms with van der Waals surface area (Å²) in [7, 11) is -5.36. The highest BCUT2D eigenvalue weighted by Gasteiger charge is 2.46. The first kappa shape index (κ1) is 14.7. The number of benzene rings is 1. The van der Waals surface area contributed by atoms with Crippen molar-refractivity contribution in [3.05, 3.63) is 35.5 Å². The zero-order valence-electron chi connectivity index (χ0n) is 9.60. The third kappa shape index (κ3) is 2.46. The summed E-state index contributed by atoms with van der Waals surface area (Å²) in [5, 5.41) is 3.99. The Balaban J connectivity index is 2.41. The van der Waals surface area contributed by atoms with E-state index in [1.165, 1.54) is 23.0 Å². The maximum atomic E-state index is 12.4. The van der Waals surface area contributed by atoms with Crippen LogP contribution in [0.2, 0.25) is 5.02 Å². The van der Waals surface area contributed by atoms with Crippen molar-refractivity contribution in [2.75, 3.05) is 5.73 Å². The van der Waals surface area contributed by atoms with Crippen LogP contribution in [0.4, 0.5) is 19.0 Å². The Kier molecular flexibility index (Phi) is 3.42. The standard InChI is InChI=1S/C10H7ClF3N3O2S/c11-8-5-17(16-9(8)15)6-1-3-7(4-2-6)20(18,19)10(12,13)14/h1-5H,(H2,15,16). The highest BCUT2D eigenvalue weighted by molar-refractivity contribution is 7.92. The van der Waals surface area contributed by atoms with E-state index in [0.29, 0.717) is 5.69 Å². The van der Waals surface area contributed by atoms with Crippen molar-refractivity contribution in [3.63, 3.8) is 0 Å². The predicted octanol–water partition coefficient (Wildman–Crippen LogP) is 2.40. The normalized spacial score (nSPS) is 12.6. The van der Waals surface area contributed by atoms with Gasteiger partial charge in [0.05, 0.1) is 16.8 Å². The Labute approximate surface area is 116 Å². The van der Waals surface area contributed by atoms with E-state index in [4.69, 9.17) is 17.3 Å². The summed E-state index contributed by atoms with van der Waals surface area (Å²) in [5.74, 6) is 0.0543. The molecule has 0 bridgehead atoms. The van der Waals surface area contributed by atoms with Gasteiger partial charge in [0, 0.05) is 0 Å². The van der Waals surface area contributed by atoms with Crippen LogP contribution in [0.25, 0.3) is 5.69 Å². The molecule has 1 aromatic carbocycles. The summed E-state index contributed by atoms with van der Waals surface area (Å²) < 4.78 is 60.6. The van der Waals surface area contributed by atoms with Gasteiger partial charge in [0.2, 0.25) is 0 Å². The van der Waals surface area contributed by atoms with Crippen molar-refractivity contribution in [1.29, 1.82) is 0 Å². The largest absolute Gasteiger partial charge is 0.501 e. The summed E-state index contributed by atoms with van der Waals surface area (Å²) in [6.45, 7) is 0. The molecule has 2 rings (SSSR count). The van der Waals surface area contributed by atoms with Crippen LogP contribution in [0.5, 0.6) is 0 Å². The fourth-order valence-electron chi connectivity index (χ4n) is 1.41. The molecule has 20 heavy (non-hydrogen) atoms. The van der Waals surface area contributed by atoms with E-state index in [1.807, 2.05) is 0 Å². The number of hydrogen-bond donors (Lipinski definition) is 1. The number of aromatic nitrogens is 2. The molecule has 2 N–H and O–H groups in total. The van der Waals surface area contributed by atoms with Crippen molar-refractivity contribution < 1.29 is 21.6 Å². The van der Waals surface area contributed by atoms with Crippen LogP contribution in [0.3, 0.4) is 0 Å². The van der Waals surface area contributed by atoms with Gasteiger partial charge in [-0.1, -0.05) is 11.6 Å². The number of nitrogens with two attached hydrogens (primary N) is 1. The number of nitrogens with zero attached hydrogens (tertiary/aromatic N) is 2. The third-order valence-corrected chi connectivity index (χ3v) is 4.21. The van der Waals surface area contributed by atoms with Crippen LogP contribution in [0, 0.1) is 0 Å². The lowest BCUT2D eigenvalue weighted by Crippen LogP contribution is -2.23. The van der Waals surface area contributed by atoms with Crippen LogP contribution >= 0.6 is 11.6 Å². The molecule has 2 aromatic rings. The summed E-state index contributed by atoms with van der Waals surface area (Å²) in [6.07, 6.45) is 1.35. The second-order valence-corrected chi connectivity index (χ2v) is 6.10. The molecule has 10 heteroatoms. The number of anilines is 1. The lowest BCUT2D eigenvalue weighted by atomic mass is 10.3. The summed E-state index contributed by atoms with van der Waals surface area (Å²) in [5.41, 5.74) is 0.410. The monoisotopic (exact) mass is 325 g/mol. The van der Waals surface area contributed by atoms with Crippen molar-refractivity contribution in [2.45, 2.75) is 10.4 Å². The van der Waals surface area contributed by atoms with Gasteiger partial charge in [0.1, 0.15) is 5.02 Å². The van der Waals surface area contributed by atoms with E-state index in [0.717, 1.165) is 12.1 Å². The molecule has 1 heterocycles. The number of halogens is 4. The summed E-state index contributed by atoms with van der Waals surface area (Å²) >= 11 is 5.69. The van der Waals surface area contributed by atoms with Crippen LogP contribution in [-0.4, -0.2) is 23.7 Å². The Hall–Kier alpha value is -1.74. The molecular formula is C10H7ClF3N3O2S. The van der Waals surface area contributed by atoms with Crippen molar-refractivity contribution in [3.8, 4) is 5.69 Å². The average molecular weight is 326 g/mol. The van der Waals surface area contributed by atoms with Crippen LogP contribution in [-0.2, 0) is 9.84 Å². The molecule has 0 spiro atoms. The number of rotatable bonds is 2. The second-order valence-electron chi connectivity index (χ2n) is 3.75. The Morgan fingerprint density at radius 1 is 1.20 bits per heavy atom. The molecule has 0 saturated carbocycles. The molecule has 0 unspecified atom stereocenters. The molecule has 0 aliphatic carbocycles. The molecular weight excluding hydrogens is 319 g/mol. The van der Waals surface area contributed by atoms with Gasteiger partial charge in [-0.25, -0.2) is 13.1 Å². The Morgan fingerprint density at radius 2 is 1.75 bits per heavy atom. The smallest absolute Gasteiger partial charge is 0.381 e. The minimum absolute atomic E-state index is 0.0543. The average Bonchev–Trinajstić information content (AvgIpc) is 2.68. The third-order valence-electron chi connectivity index (χ3n) is 2.41. The predicted molar refractivity (Wildman–Crippen MR) is 66.2 cm³/mol. The highest BCUT2D eigenvalue weighted by atomic mass is 35.5. The zero-order valence-corrected chi connectivity index (χ0v) is 11.2. The lowest BCUT2D eigenvalue weighted by molar-refractivity contribution is -0.0436. The summed E-state index contributed by atoms with van der Waals surface area (Å²) in [6, 6.07) is 4.01. The molecule has 0 aliphatic heterocycles. The minimum atomic E-state index is -5.36. The van der Waals surface area contributed by atoms with Crippen molar-refractivity contribution in [2.24, 2.45) is 0 Å². The maximum Gasteiger partial charge on any atom is 0.501 e. The van der Waals surface area contributed by atoms with Crippen LogP contribution in [0.15, 0.2) is 35.4 Å². The van der Waals surface area contributed by atoms with E-state index in [9.17, 15) is 21.6 Å². The van der Waals surface area contributed by atoms with Gasteiger partial charge in [-0.15, -0.1) is 5.10 Å². The first-order valence-corrected chi connectivity index (χ1v) is 6.91. The van der Waals surface area contributed by atoms with Crippen LogP contribution in [0.1, 0.15) is 0 Å². The van der Waals surface area contributed by atoms with Crippen LogP contribution < -0.4 is 5.73 Å². The van der Waals surface area contributed by atoms with E-state index in [1.54, 1.807) is 0 Å². The van der Waals surface area contributed by atoms with Gasteiger partial charge in [0.15, 0.2) is 5.82 Å². The lowest BCUT2D eigenvalue weighted by Gasteiger charge is -2.08. The van der Waals surface area contributed by atoms with E-state index < -0.39 is 20.2 Å². The van der Waals surface area contributed by atoms with E-state index in [-0.39, 0.29) is 10.8 Å². The van der Waals surface area contributed by atoms with Crippen molar-refractivity contribution in [1.82, 2.24) is 9.78 Å². The number of sulfone groups is 1. The molecule has 0 amide bonds. The Bertz CT molecular complexity index is 719. The second kappa shape index (κ2) is 4.67. The quantitative estimate of drug-likeness (QED) is 0.919. The number of alkyl halides is 3. The van der Waals surface area contributed by atoms with Gasteiger partial charge in [-0.05, 0) is 24.3 Å². The number of nitrogen functional groups attached to an aromatic ring is 1. The first-order valence-electron chi connectivity index (χ1n) is 5.05. The zero-order chi connectivity index (χ0) is 15.1. The maximum absolute atomic E-state index is 12.4. The van der Waals surface area contributed by atoms with Gasteiger partial charge in [-0.3, -0.25) is 0 Å². The van der Waals surface area contributed by atoms with E-state index >= 15 is 0 Å². The molecule has 108 valence electrons. The molecule has 0 fully saturated rings. The topological polar surface area (TPSA) is 78.0 Å². The highest BCUT2D eigenvalue weighted by Crippen LogP contribution is 2.30.